The summed E-state index contributed by atoms with van der Waals surface area (Å²) in [6.45, 7) is 9.57. The zero-order valence-electron chi connectivity index (χ0n) is 21.9. The lowest BCUT2D eigenvalue weighted by molar-refractivity contribution is -0.0146. The molecule has 3 aromatic rings. The fraction of sp³-hybridized carbons (Fsp3) is 0.438. The molecule has 0 radical (unpaired) electrons. The lowest BCUT2D eigenvalue weighted by Gasteiger charge is -2.42. The largest absolute Gasteiger partial charge is 0.388 e. The van der Waals surface area contributed by atoms with Crippen LogP contribution in [0.2, 0.25) is 0 Å². The Balaban J connectivity index is 0.00000361. The van der Waals surface area contributed by atoms with Crippen LogP contribution in [0.4, 0.5) is 0 Å². The molecule has 36 heavy (non-hydrogen) atoms. The number of nitrogens with zero attached hydrogens (tertiary/aromatic N) is 1. The normalized spacial score (nSPS) is 16.4. The summed E-state index contributed by atoms with van der Waals surface area (Å²) in [6, 6.07) is 28.7. The molecule has 1 atom stereocenters. The van der Waals surface area contributed by atoms with Gasteiger partial charge in [0.05, 0.1) is 6.10 Å². The van der Waals surface area contributed by atoms with Crippen molar-refractivity contribution < 1.29 is 10.2 Å². The van der Waals surface area contributed by atoms with Crippen molar-refractivity contribution >= 4 is 12.4 Å². The average molecular weight is 508 g/mol. The maximum atomic E-state index is 12.1. The van der Waals surface area contributed by atoms with E-state index in [-0.39, 0.29) is 23.7 Å². The van der Waals surface area contributed by atoms with E-state index in [0.29, 0.717) is 0 Å². The number of aliphatic hydroxyl groups is 2. The van der Waals surface area contributed by atoms with Crippen LogP contribution in [0.3, 0.4) is 0 Å². The van der Waals surface area contributed by atoms with Gasteiger partial charge in [0.25, 0.3) is 0 Å². The summed E-state index contributed by atoms with van der Waals surface area (Å²) < 4.78 is 0. The second kappa shape index (κ2) is 12.4. The van der Waals surface area contributed by atoms with Crippen LogP contribution >= 0.6 is 12.4 Å². The molecule has 0 saturated carbocycles. The van der Waals surface area contributed by atoms with Crippen molar-refractivity contribution in [2.24, 2.45) is 5.92 Å². The van der Waals surface area contributed by atoms with Crippen LogP contribution in [-0.4, -0.2) is 34.7 Å². The highest BCUT2D eigenvalue weighted by molar-refractivity contribution is 5.85. The molecule has 0 aliphatic carbocycles. The second-order valence-corrected chi connectivity index (χ2v) is 11.1. The van der Waals surface area contributed by atoms with E-state index >= 15 is 0 Å². The minimum absolute atomic E-state index is 0. The van der Waals surface area contributed by atoms with Crippen molar-refractivity contribution in [3.8, 4) is 0 Å². The summed E-state index contributed by atoms with van der Waals surface area (Å²) in [5.41, 5.74) is 3.41. The van der Waals surface area contributed by atoms with Crippen LogP contribution in [0.5, 0.6) is 0 Å². The Kier molecular flexibility index (Phi) is 9.77. The first-order valence-electron chi connectivity index (χ1n) is 13.1. The number of rotatable bonds is 8. The van der Waals surface area contributed by atoms with Gasteiger partial charge in [-0.15, -0.1) is 12.4 Å². The zero-order valence-corrected chi connectivity index (χ0v) is 22.8. The van der Waals surface area contributed by atoms with Gasteiger partial charge >= 0.3 is 0 Å². The van der Waals surface area contributed by atoms with E-state index < -0.39 is 11.7 Å². The highest BCUT2D eigenvalue weighted by Crippen LogP contribution is 2.42. The predicted molar refractivity (Wildman–Crippen MR) is 152 cm³/mol. The fourth-order valence-electron chi connectivity index (χ4n) is 5.48. The maximum absolute atomic E-state index is 12.1. The third-order valence-corrected chi connectivity index (χ3v) is 7.72. The summed E-state index contributed by atoms with van der Waals surface area (Å²) in [4.78, 5) is 2.49. The van der Waals surface area contributed by atoms with E-state index in [1.54, 1.807) is 0 Å². The van der Waals surface area contributed by atoms with E-state index in [9.17, 15) is 10.2 Å². The highest BCUT2D eigenvalue weighted by Gasteiger charge is 2.41. The van der Waals surface area contributed by atoms with Crippen molar-refractivity contribution in [1.29, 1.82) is 0 Å². The molecule has 3 aromatic carbocycles. The van der Waals surface area contributed by atoms with Crippen LogP contribution in [0.15, 0.2) is 84.9 Å². The number of benzene rings is 3. The van der Waals surface area contributed by atoms with Gasteiger partial charge in [-0.05, 0) is 78.9 Å². The molecule has 1 aliphatic rings. The molecule has 1 aliphatic heterocycles. The van der Waals surface area contributed by atoms with E-state index in [4.69, 9.17) is 0 Å². The lowest BCUT2D eigenvalue weighted by Crippen LogP contribution is -2.44. The monoisotopic (exact) mass is 507 g/mol. The van der Waals surface area contributed by atoms with Gasteiger partial charge in [0.2, 0.25) is 0 Å². The van der Waals surface area contributed by atoms with Crippen molar-refractivity contribution in [2.45, 2.75) is 63.6 Å². The zero-order chi connectivity index (χ0) is 24.9. The third kappa shape index (κ3) is 6.58. The van der Waals surface area contributed by atoms with Gasteiger partial charge in [-0.2, -0.15) is 0 Å². The Hall–Kier alpha value is -2.17. The molecule has 2 N–H and O–H groups in total. The molecule has 0 amide bonds. The lowest BCUT2D eigenvalue weighted by atomic mass is 9.72. The predicted octanol–water partition coefficient (Wildman–Crippen LogP) is 6.87. The highest BCUT2D eigenvalue weighted by atomic mass is 35.5. The number of piperidine rings is 1. The Morgan fingerprint density at radius 2 is 1.28 bits per heavy atom. The quantitative estimate of drug-likeness (QED) is 0.349. The number of aliphatic hydroxyl groups excluding tert-OH is 1. The molecule has 194 valence electrons. The van der Waals surface area contributed by atoms with Crippen molar-refractivity contribution in [2.75, 3.05) is 19.6 Å². The van der Waals surface area contributed by atoms with Crippen LogP contribution in [0, 0.1) is 5.92 Å². The Morgan fingerprint density at radius 1 is 0.778 bits per heavy atom. The summed E-state index contributed by atoms with van der Waals surface area (Å²) in [5, 5.41) is 22.8. The first-order valence-corrected chi connectivity index (χ1v) is 13.1. The Labute approximate surface area is 223 Å². The van der Waals surface area contributed by atoms with Crippen molar-refractivity contribution in [1.82, 2.24) is 4.90 Å². The minimum atomic E-state index is -0.968. The number of hydrogen-bond acceptors (Lipinski definition) is 3. The van der Waals surface area contributed by atoms with E-state index in [1.807, 2.05) is 36.4 Å². The van der Waals surface area contributed by atoms with Crippen LogP contribution in [0.25, 0.3) is 0 Å². The van der Waals surface area contributed by atoms with Gasteiger partial charge in [-0.3, -0.25) is 0 Å². The molecule has 0 bridgehead atoms. The molecular formula is C32H42ClNO2. The molecular weight excluding hydrogens is 466 g/mol. The third-order valence-electron chi connectivity index (χ3n) is 7.72. The summed E-state index contributed by atoms with van der Waals surface area (Å²) in [6.07, 6.45) is 3.23. The van der Waals surface area contributed by atoms with Crippen LogP contribution in [0.1, 0.15) is 74.8 Å². The first kappa shape index (κ1) is 28.4. The average Bonchev–Trinajstić information content (AvgIpc) is 2.89. The van der Waals surface area contributed by atoms with Gasteiger partial charge in [-0.25, -0.2) is 0 Å². The topological polar surface area (TPSA) is 43.7 Å². The molecule has 1 heterocycles. The van der Waals surface area contributed by atoms with Crippen molar-refractivity contribution in [3.63, 3.8) is 0 Å². The van der Waals surface area contributed by atoms with E-state index in [0.717, 1.165) is 62.0 Å². The first-order chi connectivity index (χ1) is 16.8. The second-order valence-electron chi connectivity index (χ2n) is 11.1. The van der Waals surface area contributed by atoms with E-state index in [1.165, 1.54) is 5.56 Å². The smallest absolute Gasteiger partial charge is 0.117 e. The van der Waals surface area contributed by atoms with Gasteiger partial charge in [0.1, 0.15) is 5.60 Å². The Morgan fingerprint density at radius 3 is 1.75 bits per heavy atom. The molecule has 1 fully saturated rings. The molecule has 4 heteroatoms. The summed E-state index contributed by atoms with van der Waals surface area (Å²) in [7, 11) is 0. The molecule has 1 unspecified atom stereocenters. The summed E-state index contributed by atoms with van der Waals surface area (Å²) in [5.74, 6) is 0.176. The van der Waals surface area contributed by atoms with Crippen molar-refractivity contribution in [3.05, 3.63) is 107 Å². The molecule has 3 nitrogen and oxygen atoms in total. The molecule has 0 aromatic heterocycles. The molecule has 0 spiro atoms. The summed E-state index contributed by atoms with van der Waals surface area (Å²) >= 11 is 0. The maximum Gasteiger partial charge on any atom is 0.117 e. The van der Waals surface area contributed by atoms with Crippen LogP contribution < -0.4 is 0 Å². The van der Waals surface area contributed by atoms with Gasteiger partial charge in [-0.1, -0.05) is 106 Å². The molecule has 1 saturated heterocycles. The van der Waals surface area contributed by atoms with Gasteiger partial charge in [0, 0.05) is 0 Å². The number of likely N-dealkylation sites (tertiary alicyclic amines) is 1. The number of hydrogen-bond donors (Lipinski definition) is 2. The fourth-order valence-corrected chi connectivity index (χ4v) is 5.48. The molecule has 4 rings (SSSR count). The van der Waals surface area contributed by atoms with Crippen LogP contribution in [-0.2, 0) is 11.0 Å². The standard InChI is InChI=1S/C32H41NO2.ClH/c1-31(2,3)26-18-16-25(17-19-26)30(34)15-10-22-33-23-20-29(21-24-33)32(35,27-11-6-4-7-12-27)28-13-8-5-9-14-28;/h4-9,11-14,16-19,29-30,34-35H,10,15,20-24H2,1-3H3;1H. The van der Waals surface area contributed by atoms with Gasteiger partial charge < -0.3 is 15.1 Å². The van der Waals surface area contributed by atoms with Gasteiger partial charge in [0.15, 0.2) is 0 Å². The SMILES string of the molecule is CC(C)(C)c1ccc(C(O)CCCN2CCC(C(O)(c3ccccc3)c3ccccc3)CC2)cc1.Cl. The number of halogens is 1. The van der Waals surface area contributed by atoms with E-state index in [2.05, 4.69) is 74.2 Å². The minimum Gasteiger partial charge on any atom is -0.388 e. The Bertz CT molecular complexity index is 1000.